The van der Waals surface area contributed by atoms with Crippen LogP contribution in [0.2, 0.25) is 0 Å². The monoisotopic (exact) mass is 450 g/mol. The summed E-state index contributed by atoms with van der Waals surface area (Å²) >= 11 is 3.59. The highest BCUT2D eigenvalue weighted by Crippen LogP contribution is 2.31. The number of anilines is 1. The highest BCUT2D eigenvalue weighted by atomic mass is 32.2. The summed E-state index contributed by atoms with van der Waals surface area (Å²) in [6.07, 6.45) is 1.82. The van der Waals surface area contributed by atoms with E-state index in [0.717, 1.165) is 39.9 Å². The van der Waals surface area contributed by atoms with Crippen LogP contribution in [-0.2, 0) is 4.74 Å². The van der Waals surface area contributed by atoms with Gasteiger partial charge in [-0.1, -0.05) is 23.5 Å². The van der Waals surface area contributed by atoms with Crippen LogP contribution in [0, 0.1) is 0 Å². The molecule has 0 saturated carbocycles. The normalized spacial score (nSPS) is 14.2. The third-order valence-electron chi connectivity index (χ3n) is 5.27. The van der Waals surface area contributed by atoms with E-state index in [1.807, 2.05) is 34.6 Å². The van der Waals surface area contributed by atoms with Crippen molar-refractivity contribution in [2.24, 2.45) is 0 Å². The lowest BCUT2D eigenvalue weighted by atomic mass is 10.1. The first-order chi connectivity index (χ1) is 15.2. The topological polar surface area (TPSA) is 59.7 Å². The van der Waals surface area contributed by atoms with Gasteiger partial charge in [0.2, 0.25) is 4.96 Å². The van der Waals surface area contributed by atoms with E-state index in [-0.39, 0.29) is 5.97 Å². The van der Waals surface area contributed by atoms with Crippen molar-refractivity contribution in [1.29, 1.82) is 0 Å². The highest BCUT2D eigenvalue weighted by molar-refractivity contribution is 7.99. The Hall–Kier alpha value is -2.84. The number of hydrogen-bond acceptors (Lipinski definition) is 7. The number of hydrogen-bond donors (Lipinski definition) is 0. The molecule has 31 heavy (non-hydrogen) atoms. The quantitative estimate of drug-likeness (QED) is 0.405. The largest absolute Gasteiger partial charge is 0.462 e. The van der Waals surface area contributed by atoms with Crippen LogP contribution >= 0.6 is 23.1 Å². The molecule has 0 N–H and O–H groups in total. The van der Waals surface area contributed by atoms with Gasteiger partial charge in [-0.05, 0) is 43.3 Å². The lowest BCUT2D eigenvalue weighted by Gasteiger charge is -2.28. The molecule has 1 aliphatic rings. The van der Waals surface area contributed by atoms with Crippen LogP contribution in [0.15, 0.2) is 54.7 Å². The summed E-state index contributed by atoms with van der Waals surface area (Å²) in [5.41, 5.74) is 4.76. The van der Waals surface area contributed by atoms with Crippen molar-refractivity contribution in [2.75, 3.05) is 36.1 Å². The number of carbonyl (C=O) groups excluding carboxylic acids is 1. The smallest absolute Gasteiger partial charge is 0.338 e. The number of ether oxygens (including phenoxy) is 1. The zero-order chi connectivity index (χ0) is 21.2. The van der Waals surface area contributed by atoms with Crippen molar-refractivity contribution in [3.8, 4) is 21.8 Å². The van der Waals surface area contributed by atoms with Crippen molar-refractivity contribution in [3.63, 3.8) is 0 Å². The number of benzene rings is 2. The third kappa shape index (κ3) is 4.05. The Bertz CT molecular complexity index is 1190. The van der Waals surface area contributed by atoms with Crippen molar-refractivity contribution in [3.05, 3.63) is 60.3 Å². The molecule has 2 aromatic heterocycles. The van der Waals surface area contributed by atoms with Gasteiger partial charge in [-0.2, -0.15) is 16.9 Å². The number of rotatable bonds is 5. The first-order valence-corrected chi connectivity index (χ1v) is 12.3. The predicted molar refractivity (Wildman–Crippen MR) is 127 cm³/mol. The standard InChI is InChI=1S/C23H22N4O2S2/c1-2-29-22(28)18-5-3-16(4-6-18)20-15-24-23-27(20)25-21(31-23)17-7-9-19(10-8-17)26-11-13-30-14-12-26/h3-10,15H,2,11-14H2,1H3. The van der Waals surface area contributed by atoms with Crippen LogP contribution < -0.4 is 4.90 Å². The second-order valence-corrected chi connectivity index (χ2v) is 9.37. The van der Waals surface area contributed by atoms with E-state index in [0.29, 0.717) is 12.2 Å². The van der Waals surface area contributed by atoms with Gasteiger partial charge < -0.3 is 9.64 Å². The lowest BCUT2D eigenvalue weighted by Crippen LogP contribution is -2.32. The number of esters is 1. The number of imidazole rings is 1. The molecule has 2 aromatic carbocycles. The van der Waals surface area contributed by atoms with E-state index in [1.54, 1.807) is 30.4 Å². The fourth-order valence-electron chi connectivity index (χ4n) is 3.63. The van der Waals surface area contributed by atoms with Crippen LogP contribution in [-0.4, -0.2) is 51.8 Å². The number of aromatic nitrogens is 3. The lowest BCUT2D eigenvalue weighted by molar-refractivity contribution is 0.0526. The molecule has 1 fully saturated rings. The van der Waals surface area contributed by atoms with Crippen molar-refractivity contribution in [1.82, 2.24) is 14.6 Å². The Morgan fingerprint density at radius 2 is 1.74 bits per heavy atom. The van der Waals surface area contributed by atoms with Crippen LogP contribution in [0.25, 0.3) is 26.8 Å². The molecule has 3 heterocycles. The molecule has 0 radical (unpaired) electrons. The first-order valence-electron chi connectivity index (χ1n) is 10.3. The SMILES string of the molecule is CCOC(=O)c1ccc(-c2cnc3sc(-c4ccc(N5CCSCC5)cc4)nn23)cc1. The molecule has 0 bridgehead atoms. The minimum Gasteiger partial charge on any atom is -0.462 e. The molecular weight excluding hydrogens is 428 g/mol. The molecule has 158 valence electrons. The van der Waals surface area contributed by atoms with Gasteiger partial charge in [0.15, 0.2) is 0 Å². The van der Waals surface area contributed by atoms with Gasteiger partial charge >= 0.3 is 5.97 Å². The molecule has 0 aliphatic carbocycles. The predicted octanol–water partition coefficient (Wildman–Crippen LogP) is 4.85. The maximum absolute atomic E-state index is 11.9. The number of fused-ring (bicyclic) bond motifs is 1. The molecule has 0 atom stereocenters. The van der Waals surface area contributed by atoms with E-state index < -0.39 is 0 Å². The molecule has 0 unspecified atom stereocenters. The molecule has 5 rings (SSSR count). The fraction of sp³-hybridized carbons (Fsp3) is 0.261. The summed E-state index contributed by atoms with van der Waals surface area (Å²) in [6.45, 7) is 4.37. The van der Waals surface area contributed by atoms with Crippen molar-refractivity contribution < 1.29 is 9.53 Å². The molecular formula is C23H22N4O2S2. The van der Waals surface area contributed by atoms with Crippen LogP contribution in [0.1, 0.15) is 17.3 Å². The van der Waals surface area contributed by atoms with Gasteiger partial charge in [-0.15, -0.1) is 0 Å². The third-order valence-corrected chi connectivity index (χ3v) is 7.18. The molecule has 1 aliphatic heterocycles. The maximum Gasteiger partial charge on any atom is 0.338 e. The Labute approximate surface area is 188 Å². The molecule has 4 aromatic rings. The average molecular weight is 451 g/mol. The zero-order valence-electron chi connectivity index (χ0n) is 17.2. The molecule has 6 nitrogen and oxygen atoms in total. The van der Waals surface area contributed by atoms with Gasteiger partial charge in [-0.25, -0.2) is 14.3 Å². The second-order valence-electron chi connectivity index (χ2n) is 7.19. The Balaban J connectivity index is 1.40. The van der Waals surface area contributed by atoms with Gasteiger partial charge in [0.05, 0.1) is 24.1 Å². The van der Waals surface area contributed by atoms with Crippen molar-refractivity contribution >= 4 is 39.7 Å². The van der Waals surface area contributed by atoms with E-state index in [1.165, 1.54) is 17.2 Å². The van der Waals surface area contributed by atoms with Gasteiger partial charge in [0.25, 0.3) is 0 Å². The first kappa shape index (κ1) is 20.1. The maximum atomic E-state index is 11.9. The summed E-state index contributed by atoms with van der Waals surface area (Å²) in [7, 11) is 0. The van der Waals surface area contributed by atoms with E-state index in [4.69, 9.17) is 9.84 Å². The van der Waals surface area contributed by atoms with E-state index in [2.05, 4.69) is 34.1 Å². The minimum atomic E-state index is -0.310. The van der Waals surface area contributed by atoms with Gasteiger partial charge in [-0.3, -0.25) is 0 Å². The van der Waals surface area contributed by atoms with Gasteiger partial charge in [0, 0.05) is 41.4 Å². The number of thioether (sulfide) groups is 1. The Kier molecular flexibility index (Phi) is 5.65. The van der Waals surface area contributed by atoms with E-state index in [9.17, 15) is 4.79 Å². The van der Waals surface area contributed by atoms with Gasteiger partial charge in [0.1, 0.15) is 5.01 Å². The van der Waals surface area contributed by atoms with Crippen LogP contribution in [0.3, 0.4) is 0 Å². The number of carbonyl (C=O) groups is 1. The molecule has 1 saturated heterocycles. The summed E-state index contributed by atoms with van der Waals surface area (Å²) in [5, 5.41) is 5.75. The summed E-state index contributed by atoms with van der Waals surface area (Å²) in [4.78, 5) is 19.7. The minimum absolute atomic E-state index is 0.310. The summed E-state index contributed by atoms with van der Waals surface area (Å²) in [5.74, 6) is 2.07. The van der Waals surface area contributed by atoms with Crippen molar-refractivity contribution in [2.45, 2.75) is 6.92 Å². The zero-order valence-corrected chi connectivity index (χ0v) is 18.8. The Morgan fingerprint density at radius 1 is 1.03 bits per heavy atom. The second kappa shape index (κ2) is 8.72. The average Bonchev–Trinajstić information content (AvgIpc) is 3.41. The van der Waals surface area contributed by atoms with Crippen LogP contribution in [0.5, 0.6) is 0 Å². The number of nitrogens with zero attached hydrogens (tertiary/aromatic N) is 4. The summed E-state index contributed by atoms with van der Waals surface area (Å²) < 4.78 is 6.93. The van der Waals surface area contributed by atoms with Crippen LogP contribution in [0.4, 0.5) is 5.69 Å². The molecule has 0 spiro atoms. The molecule has 0 amide bonds. The van der Waals surface area contributed by atoms with E-state index >= 15 is 0 Å². The Morgan fingerprint density at radius 3 is 2.45 bits per heavy atom. The highest BCUT2D eigenvalue weighted by Gasteiger charge is 2.15. The fourth-order valence-corrected chi connectivity index (χ4v) is 5.42. The molecule has 8 heteroatoms. The summed E-state index contributed by atoms with van der Waals surface area (Å²) in [6, 6.07) is 16.0.